The van der Waals surface area contributed by atoms with Crippen LogP contribution in [0.3, 0.4) is 0 Å². The van der Waals surface area contributed by atoms with Gasteiger partial charge in [-0.05, 0) is 18.1 Å². The zero-order chi connectivity index (χ0) is 12.0. The number of aliphatic hydroxyl groups excluding tert-OH is 1. The Morgan fingerprint density at radius 3 is 2.81 bits per heavy atom. The van der Waals surface area contributed by atoms with Crippen LogP contribution < -0.4 is 5.32 Å². The Labute approximate surface area is 94.3 Å². The molecule has 1 unspecified atom stereocenters. The molecular weight excluding hydrogens is 209 g/mol. The van der Waals surface area contributed by atoms with Gasteiger partial charge in [0.15, 0.2) is 0 Å². The molecular formula is C12H16FNO2. The predicted octanol–water partition coefficient (Wildman–Crippen LogP) is 1.26. The van der Waals surface area contributed by atoms with Gasteiger partial charge in [0.05, 0.1) is 12.5 Å². The maximum atomic E-state index is 13.2. The molecule has 0 aromatic heterocycles. The summed E-state index contributed by atoms with van der Waals surface area (Å²) in [5.41, 5.74) is 0.367. The van der Waals surface area contributed by atoms with Crippen molar-refractivity contribution in [2.45, 2.75) is 25.9 Å². The van der Waals surface area contributed by atoms with Crippen LogP contribution >= 0.6 is 0 Å². The first kappa shape index (κ1) is 12.6. The molecule has 1 aromatic carbocycles. The third kappa shape index (κ3) is 3.98. The Morgan fingerprint density at radius 2 is 2.19 bits per heavy atom. The average Bonchev–Trinajstić information content (AvgIpc) is 2.29. The average molecular weight is 225 g/mol. The molecule has 2 N–H and O–H groups in total. The van der Waals surface area contributed by atoms with E-state index in [9.17, 15) is 14.3 Å². The van der Waals surface area contributed by atoms with Gasteiger partial charge < -0.3 is 10.4 Å². The van der Waals surface area contributed by atoms with E-state index in [1.807, 2.05) is 6.92 Å². The molecule has 0 aliphatic carbocycles. The lowest BCUT2D eigenvalue weighted by atomic mass is 10.1. The number of rotatable bonds is 5. The van der Waals surface area contributed by atoms with Gasteiger partial charge in [0.1, 0.15) is 5.82 Å². The standard InChI is InChI=1S/C12H16FNO2/c1-2-10(15)8-14-12(16)7-9-5-3-4-6-11(9)13/h3-6,10,15H,2,7-8H2,1H3,(H,14,16). The maximum absolute atomic E-state index is 13.2. The highest BCUT2D eigenvalue weighted by Crippen LogP contribution is 2.06. The molecule has 16 heavy (non-hydrogen) atoms. The Balaban J connectivity index is 2.43. The summed E-state index contributed by atoms with van der Waals surface area (Å²) in [6.07, 6.45) is 0.0490. The number of carbonyl (C=O) groups is 1. The maximum Gasteiger partial charge on any atom is 0.224 e. The van der Waals surface area contributed by atoms with Gasteiger partial charge in [-0.25, -0.2) is 4.39 Å². The Morgan fingerprint density at radius 1 is 1.50 bits per heavy atom. The molecule has 0 aliphatic heterocycles. The van der Waals surface area contributed by atoms with Crippen LogP contribution in [0.15, 0.2) is 24.3 Å². The van der Waals surface area contributed by atoms with Gasteiger partial charge in [0.25, 0.3) is 0 Å². The van der Waals surface area contributed by atoms with Gasteiger partial charge in [0, 0.05) is 6.54 Å². The van der Waals surface area contributed by atoms with Crippen molar-refractivity contribution in [2.75, 3.05) is 6.54 Å². The Kier molecular flexibility index (Phi) is 4.92. The van der Waals surface area contributed by atoms with Crippen LogP contribution in [0.4, 0.5) is 4.39 Å². The molecule has 0 bridgehead atoms. The summed E-state index contributed by atoms with van der Waals surface area (Å²) >= 11 is 0. The molecule has 0 spiro atoms. The lowest BCUT2D eigenvalue weighted by Crippen LogP contribution is -2.32. The topological polar surface area (TPSA) is 49.3 Å². The number of nitrogens with one attached hydrogen (secondary N) is 1. The molecule has 1 aromatic rings. The minimum atomic E-state index is -0.537. The Bertz CT molecular complexity index is 355. The first-order chi connectivity index (χ1) is 7.63. The molecule has 0 saturated heterocycles. The first-order valence-electron chi connectivity index (χ1n) is 5.31. The molecule has 0 heterocycles. The van der Waals surface area contributed by atoms with E-state index in [1.165, 1.54) is 6.07 Å². The van der Waals surface area contributed by atoms with E-state index in [-0.39, 0.29) is 24.7 Å². The van der Waals surface area contributed by atoms with E-state index in [4.69, 9.17) is 0 Å². The lowest BCUT2D eigenvalue weighted by molar-refractivity contribution is -0.120. The SMILES string of the molecule is CCC(O)CNC(=O)Cc1ccccc1F. The number of halogens is 1. The summed E-state index contributed by atoms with van der Waals surface area (Å²) in [6.45, 7) is 2.04. The number of aliphatic hydroxyl groups is 1. The van der Waals surface area contributed by atoms with Crippen molar-refractivity contribution in [2.24, 2.45) is 0 Å². The van der Waals surface area contributed by atoms with Crippen molar-refractivity contribution >= 4 is 5.91 Å². The van der Waals surface area contributed by atoms with Crippen molar-refractivity contribution < 1.29 is 14.3 Å². The summed E-state index contributed by atoms with van der Waals surface area (Å²) < 4.78 is 13.2. The molecule has 0 fully saturated rings. The quantitative estimate of drug-likeness (QED) is 0.792. The van der Waals surface area contributed by atoms with Gasteiger partial charge in [0.2, 0.25) is 5.91 Å². The molecule has 0 aliphatic rings. The molecule has 3 nitrogen and oxygen atoms in total. The highest BCUT2D eigenvalue weighted by Gasteiger charge is 2.08. The summed E-state index contributed by atoms with van der Waals surface area (Å²) in [5.74, 6) is -0.661. The zero-order valence-corrected chi connectivity index (χ0v) is 9.24. The van der Waals surface area contributed by atoms with E-state index in [0.717, 1.165) is 0 Å². The molecule has 0 saturated carbocycles. The molecule has 0 radical (unpaired) electrons. The van der Waals surface area contributed by atoms with Gasteiger partial charge in [-0.3, -0.25) is 4.79 Å². The largest absolute Gasteiger partial charge is 0.391 e. The number of amides is 1. The summed E-state index contributed by atoms with van der Waals surface area (Å²) in [4.78, 5) is 11.4. The van der Waals surface area contributed by atoms with Crippen LogP contribution in [0.25, 0.3) is 0 Å². The van der Waals surface area contributed by atoms with E-state index in [1.54, 1.807) is 18.2 Å². The third-order valence-electron chi connectivity index (χ3n) is 2.31. The van der Waals surface area contributed by atoms with Crippen LogP contribution in [0.2, 0.25) is 0 Å². The van der Waals surface area contributed by atoms with E-state index < -0.39 is 6.10 Å². The van der Waals surface area contributed by atoms with E-state index in [0.29, 0.717) is 12.0 Å². The van der Waals surface area contributed by atoms with Crippen LogP contribution in [-0.4, -0.2) is 23.7 Å². The van der Waals surface area contributed by atoms with Gasteiger partial charge in [-0.1, -0.05) is 25.1 Å². The third-order valence-corrected chi connectivity index (χ3v) is 2.31. The van der Waals surface area contributed by atoms with Crippen molar-refractivity contribution in [3.05, 3.63) is 35.6 Å². The van der Waals surface area contributed by atoms with Crippen molar-refractivity contribution in [1.29, 1.82) is 0 Å². The highest BCUT2D eigenvalue weighted by molar-refractivity contribution is 5.78. The van der Waals surface area contributed by atoms with Crippen LogP contribution in [-0.2, 0) is 11.2 Å². The monoisotopic (exact) mass is 225 g/mol. The summed E-state index contributed by atoms with van der Waals surface area (Å²) in [6, 6.07) is 6.17. The smallest absolute Gasteiger partial charge is 0.224 e. The van der Waals surface area contributed by atoms with E-state index in [2.05, 4.69) is 5.32 Å². The molecule has 1 amide bonds. The molecule has 1 atom stereocenters. The summed E-state index contributed by atoms with van der Waals surface area (Å²) in [7, 11) is 0. The summed E-state index contributed by atoms with van der Waals surface area (Å²) in [5, 5.41) is 11.8. The molecule has 4 heteroatoms. The molecule has 88 valence electrons. The van der Waals surface area contributed by atoms with Crippen LogP contribution in [0, 0.1) is 5.82 Å². The lowest BCUT2D eigenvalue weighted by Gasteiger charge is -2.09. The fourth-order valence-electron chi connectivity index (χ4n) is 1.25. The van der Waals surface area contributed by atoms with E-state index >= 15 is 0 Å². The fourth-order valence-corrected chi connectivity index (χ4v) is 1.25. The van der Waals surface area contributed by atoms with Crippen LogP contribution in [0.1, 0.15) is 18.9 Å². The normalized spacial score (nSPS) is 12.2. The van der Waals surface area contributed by atoms with Crippen molar-refractivity contribution in [1.82, 2.24) is 5.32 Å². The number of hydrogen-bond acceptors (Lipinski definition) is 2. The Hall–Kier alpha value is -1.42. The highest BCUT2D eigenvalue weighted by atomic mass is 19.1. The predicted molar refractivity (Wildman–Crippen MR) is 59.4 cm³/mol. The fraction of sp³-hybridized carbons (Fsp3) is 0.417. The van der Waals surface area contributed by atoms with Gasteiger partial charge in [-0.15, -0.1) is 0 Å². The second kappa shape index (κ2) is 6.23. The minimum absolute atomic E-state index is 0.00308. The minimum Gasteiger partial charge on any atom is -0.391 e. The first-order valence-corrected chi connectivity index (χ1v) is 5.31. The second-order valence-electron chi connectivity index (χ2n) is 3.63. The van der Waals surface area contributed by atoms with Crippen molar-refractivity contribution in [3.63, 3.8) is 0 Å². The van der Waals surface area contributed by atoms with Crippen molar-refractivity contribution in [3.8, 4) is 0 Å². The second-order valence-corrected chi connectivity index (χ2v) is 3.63. The van der Waals surface area contributed by atoms with Gasteiger partial charge >= 0.3 is 0 Å². The number of benzene rings is 1. The van der Waals surface area contributed by atoms with Gasteiger partial charge in [-0.2, -0.15) is 0 Å². The number of hydrogen-bond donors (Lipinski definition) is 2. The number of carbonyl (C=O) groups excluding carboxylic acids is 1. The zero-order valence-electron chi connectivity index (χ0n) is 9.24. The molecule has 1 rings (SSSR count). The van der Waals surface area contributed by atoms with Crippen LogP contribution in [0.5, 0.6) is 0 Å².